The highest BCUT2D eigenvalue weighted by Gasteiger charge is 2.81. The largest absolute Gasteiger partial charge is 0.493 e. The first-order valence-electron chi connectivity index (χ1n) is 11.4. The Bertz CT molecular complexity index is 1090. The molecule has 1 saturated carbocycles. The first-order chi connectivity index (χ1) is 16.4. The van der Waals surface area contributed by atoms with Crippen LogP contribution in [0.1, 0.15) is 50.7 Å². The van der Waals surface area contributed by atoms with Gasteiger partial charge in [-0.15, -0.1) is 0 Å². The summed E-state index contributed by atoms with van der Waals surface area (Å²) in [7, 11) is 4.41. The number of methoxy groups -OCH3 is 3. The van der Waals surface area contributed by atoms with Gasteiger partial charge in [-0.2, -0.15) is 15.8 Å². The van der Waals surface area contributed by atoms with Crippen LogP contribution in [0.2, 0.25) is 0 Å². The Morgan fingerprint density at radius 1 is 1.06 bits per heavy atom. The highest BCUT2D eigenvalue weighted by Crippen LogP contribution is 2.70. The van der Waals surface area contributed by atoms with Gasteiger partial charge in [-0.3, -0.25) is 5.41 Å². The fraction of sp³-hybridized carbons (Fsp3) is 0.600. The van der Waals surface area contributed by atoms with Crippen LogP contribution in [-0.4, -0.2) is 33.0 Å². The SMILES string of the molecule is CCCC1CCC23OC(=N)C(C#N)(C2C1)C(C#N)(C#N)C(c1cc(OC)c(OC)c(OC)c1)O3. The quantitative estimate of drug-likeness (QED) is 0.658. The molecule has 0 spiro atoms. The van der Waals surface area contributed by atoms with Gasteiger partial charge in [-0.05, 0) is 36.5 Å². The van der Waals surface area contributed by atoms with Crippen LogP contribution in [0.15, 0.2) is 12.1 Å². The van der Waals surface area contributed by atoms with Gasteiger partial charge in [0.2, 0.25) is 22.8 Å². The summed E-state index contributed by atoms with van der Waals surface area (Å²) in [6.45, 7) is 2.10. The molecule has 9 heteroatoms. The molecule has 3 fully saturated rings. The van der Waals surface area contributed by atoms with Crippen molar-refractivity contribution in [2.24, 2.45) is 22.7 Å². The molecule has 5 atom stereocenters. The molecular formula is C25H28N4O5. The molecule has 0 amide bonds. The third kappa shape index (κ3) is 2.82. The summed E-state index contributed by atoms with van der Waals surface area (Å²) in [5.41, 5.74) is -3.39. The molecule has 0 radical (unpaired) electrons. The van der Waals surface area contributed by atoms with Crippen molar-refractivity contribution in [1.82, 2.24) is 0 Å². The number of ether oxygens (including phenoxy) is 5. The van der Waals surface area contributed by atoms with E-state index in [2.05, 4.69) is 25.1 Å². The van der Waals surface area contributed by atoms with Crippen LogP contribution in [0.25, 0.3) is 0 Å². The lowest BCUT2D eigenvalue weighted by Crippen LogP contribution is -2.61. The molecule has 1 N–H and O–H groups in total. The van der Waals surface area contributed by atoms with Gasteiger partial charge < -0.3 is 23.7 Å². The average molecular weight is 465 g/mol. The molecule has 4 rings (SSSR count). The second-order valence-corrected chi connectivity index (χ2v) is 9.13. The van der Waals surface area contributed by atoms with Crippen molar-refractivity contribution in [3.05, 3.63) is 17.7 Å². The van der Waals surface area contributed by atoms with Gasteiger partial charge in [0.15, 0.2) is 16.9 Å². The second-order valence-electron chi connectivity index (χ2n) is 9.13. The van der Waals surface area contributed by atoms with Crippen LogP contribution in [0.5, 0.6) is 17.2 Å². The number of hydrogen-bond donors (Lipinski definition) is 1. The van der Waals surface area contributed by atoms with E-state index in [0.717, 1.165) is 19.3 Å². The van der Waals surface area contributed by atoms with Gasteiger partial charge in [0.1, 0.15) is 6.10 Å². The molecule has 5 unspecified atom stereocenters. The minimum atomic E-state index is -2.03. The standard InChI is InChI=1S/C25H28N4O5/c1-5-6-15-7-8-25-19(9-15)24(14-28,22(29)34-25)23(12-26,13-27)21(33-25)16-10-17(30-2)20(32-4)18(11-16)31-3/h10-11,15,19,21,29H,5-9H2,1-4H3. The van der Waals surface area contributed by atoms with Crippen molar-refractivity contribution in [2.75, 3.05) is 21.3 Å². The van der Waals surface area contributed by atoms with Crippen LogP contribution in [-0.2, 0) is 9.47 Å². The number of rotatable bonds is 6. The summed E-state index contributed by atoms with van der Waals surface area (Å²) >= 11 is 0. The molecule has 2 bridgehead atoms. The highest BCUT2D eigenvalue weighted by atomic mass is 16.7. The van der Waals surface area contributed by atoms with E-state index in [1.54, 1.807) is 12.1 Å². The lowest BCUT2D eigenvalue weighted by Gasteiger charge is -2.52. The van der Waals surface area contributed by atoms with Crippen LogP contribution < -0.4 is 14.2 Å². The number of nitriles is 3. The Morgan fingerprint density at radius 2 is 1.71 bits per heavy atom. The van der Waals surface area contributed by atoms with Gasteiger partial charge in [0.05, 0.1) is 45.5 Å². The summed E-state index contributed by atoms with van der Waals surface area (Å²) in [5, 5.41) is 40.2. The van der Waals surface area contributed by atoms with E-state index in [0.29, 0.717) is 41.6 Å². The molecule has 2 saturated heterocycles. The van der Waals surface area contributed by atoms with Crippen molar-refractivity contribution in [2.45, 2.75) is 50.9 Å². The number of hydrogen-bond acceptors (Lipinski definition) is 9. The summed E-state index contributed by atoms with van der Waals surface area (Å²) in [5.74, 6) is -0.907. The molecule has 0 aromatic heterocycles. The van der Waals surface area contributed by atoms with Crippen molar-refractivity contribution in [3.63, 3.8) is 0 Å². The zero-order valence-electron chi connectivity index (χ0n) is 19.8. The van der Waals surface area contributed by atoms with Crippen LogP contribution >= 0.6 is 0 Å². The molecule has 1 aliphatic carbocycles. The Hall–Kier alpha value is -3.48. The van der Waals surface area contributed by atoms with E-state index in [1.807, 2.05) is 0 Å². The Balaban J connectivity index is 1.95. The van der Waals surface area contributed by atoms with E-state index >= 15 is 0 Å². The predicted octanol–water partition coefficient (Wildman–Crippen LogP) is 4.25. The van der Waals surface area contributed by atoms with Gasteiger partial charge >= 0.3 is 0 Å². The van der Waals surface area contributed by atoms with E-state index in [4.69, 9.17) is 29.1 Å². The van der Waals surface area contributed by atoms with Gasteiger partial charge in [-0.25, -0.2) is 0 Å². The number of nitrogens with zero attached hydrogens (tertiary/aromatic N) is 3. The average Bonchev–Trinajstić information content (AvgIpc) is 3.06. The molecule has 2 heterocycles. The third-order valence-corrected chi connectivity index (χ3v) is 7.71. The van der Waals surface area contributed by atoms with Crippen LogP contribution in [0.4, 0.5) is 0 Å². The van der Waals surface area contributed by atoms with Gasteiger partial charge in [0.25, 0.3) is 0 Å². The minimum Gasteiger partial charge on any atom is -0.493 e. The predicted molar refractivity (Wildman–Crippen MR) is 119 cm³/mol. The van der Waals surface area contributed by atoms with Crippen molar-refractivity contribution in [3.8, 4) is 35.5 Å². The summed E-state index contributed by atoms with van der Waals surface area (Å²) in [6.07, 6.45) is 2.60. The van der Waals surface area contributed by atoms with Gasteiger partial charge in [0, 0.05) is 6.42 Å². The normalized spacial score (nSPS) is 32.9. The molecular weight excluding hydrogens is 436 g/mol. The molecule has 178 valence electrons. The monoisotopic (exact) mass is 464 g/mol. The molecule has 1 aromatic carbocycles. The fourth-order valence-electron chi connectivity index (χ4n) is 6.14. The van der Waals surface area contributed by atoms with Crippen LogP contribution in [0, 0.1) is 62.1 Å². The van der Waals surface area contributed by atoms with E-state index in [-0.39, 0.29) is 5.90 Å². The van der Waals surface area contributed by atoms with E-state index in [9.17, 15) is 15.8 Å². The molecule has 9 nitrogen and oxygen atoms in total. The Morgan fingerprint density at radius 3 is 2.21 bits per heavy atom. The zero-order valence-corrected chi connectivity index (χ0v) is 19.8. The summed E-state index contributed by atoms with van der Waals surface area (Å²) < 4.78 is 28.9. The maximum Gasteiger partial charge on any atom is 0.217 e. The van der Waals surface area contributed by atoms with Crippen molar-refractivity contribution in [1.29, 1.82) is 21.2 Å². The fourth-order valence-corrected chi connectivity index (χ4v) is 6.14. The van der Waals surface area contributed by atoms with E-state index in [1.165, 1.54) is 21.3 Å². The Kier molecular flexibility index (Phi) is 5.84. The van der Waals surface area contributed by atoms with Gasteiger partial charge in [-0.1, -0.05) is 19.8 Å². The smallest absolute Gasteiger partial charge is 0.217 e. The Labute approximate surface area is 199 Å². The number of nitrogens with one attached hydrogen (secondary N) is 1. The second kappa shape index (κ2) is 8.38. The van der Waals surface area contributed by atoms with Crippen molar-refractivity contribution >= 4 is 5.90 Å². The maximum atomic E-state index is 10.5. The first kappa shape index (κ1) is 23.7. The number of benzene rings is 1. The zero-order chi connectivity index (χ0) is 24.7. The molecule has 2 aliphatic heterocycles. The summed E-state index contributed by atoms with van der Waals surface area (Å²) in [6, 6.07) is 9.66. The molecule has 34 heavy (non-hydrogen) atoms. The lowest BCUT2D eigenvalue weighted by molar-refractivity contribution is -0.299. The summed E-state index contributed by atoms with van der Waals surface area (Å²) in [4.78, 5) is 0. The third-order valence-electron chi connectivity index (χ3n) is 7.71. The topological polar surface area (TPSA) is 141 Å². The molecule has 1 aromatic rings. The lowest BCUT2D eigenvalue weighted by atomic mass is 9.50. The van der Waals surface area contributed by atoms with Crippen molar-refractivity contribution < 1.29 is 23.7 Å². The minimum absolute atomic E-state index is 0.307. The van der Waals surface area contributed by atoms with E-state index < -0.39 is 28.6 Å². The maximum absolute atomic E-state index is 10.5. The van der Waals surface area contributed by atoms with Crippen LogP contribution in [0.3, 0.4) is 0 Å². The molecule has 3 aliphatic rings. The highest BCUT2D eigenvalue weighted by molar-refractivity contribution is 5.89. The first-order valence-corrected chi connectivity index (χ1v) is 11.4.